The third kappa shape index (κ3) is 4.39. The van der Waals surface area contributed by atoms with Crippen LogP contribution in [0.4, 0.5) is 11.4 Å². The molecule has 0 bridgehead atoms. The number of pyridine rings is 1. The number of carbonyl (C=O) groups is 2. The van der Waals surface area contributed by atoms with E-state index in [1.165, 1.54) is 12.3 Å². The summed E-state index contributed by atoms with van der Waals surface area (Å²) in [5.74, 6) is -0.687. The number of nitrogens with zero attached hydrogens (tertiary/aromatic N) is 1. The van der Waals surface area contributed by atoms with Gasteiger partial charge in [0.05, 0.1) is 16.1 Å². The highest BCUT2D eigenvalue weighted by molar-refractivity contribution is 6.36. The third-order valence-electron chi connectivity index (χ3n) is 3.48. The van der Waals surface area contributed by atoms with Crippen molar-refractivity contribution in [3.8, 4) is 0 Å². The number of rotatable bonds is 4. The van der Waals surface area contributed by atoms with Crippen molar-refractivity contribution in [2.24, 2.45) is 0 Å². The van der Waals surface area contributed by atoms with Crippen molar-refractivity contribution in [1.82, 2.24) is 4.98 Å². The van der Waals surface area contributed by atoms with E-state index in [4.69, 9.17) is 23.2 Å². The van der Waals surface area contributed by atoms with Gasteiger partial charge in [-0.05, 0) is 48.5 Å². The van der Waals surface area contributed by atoms with E-state index in [1.54, 1.807) is 54.7 Å². The molecule has 0 spiro atoms. The van der Waals surface area contributed by atoms with Crippen molar-refractivity contribution in [3.63, 3.8) is 0 Å². The monoisotopic (exact) mass is 385 g/mol. The van der Waals surface area contributed by atoms with Gasteiger partial charge in [0.1, 0.15) is 0 Å². The summed E-state index contributed by atoms with van der Waals surface area (Å²) >= 11 is 12.0. The van der Waals surface area contributed by atoms with E-state index in [2.05, 4.69) is 15.6 Å². The van der Waals surface area contributed by atoms with Gasteiger partial charge in [-0.2, -0.15) is 0 Å². The van der Waals surface area contributed by atoms with Crippen molar-refractivity contribution >= 4 is 46.4 Å². The van der Waals surface area contributed by atoms with E-state index in [0.29, 0.717) is 27.0 Å². The van der Waals surface area contributed by atoms with E-state index in [1.807, 2.05) is 0 Å². The number of hydrogen-bond donors (Lipinski definition) is 2. The van der Waals surface area contributed by atoms with Crippen LogP contribution in [0.5, 0.6) is 0 Å². The highest BCUT2D eigenvalue weighted by atomic mass is 35.5. The number of amides is 2. The highest BCUT2D eigenvalue weighted by Crippen LogP contribution is 2.23. The molecule has 3 aromatic rings. The Bertz CT molecular complexity index is 962. The van der Waals surface area contributed by atoms with Crippen LogP contribution in [-0.2, 0) is 0 Å². The second-order valence-electron chi connectivity index (χ2n) is 5.35. The van der Waals surface area contributed by atoms with Crippen LogP contribution in [0, 0.1) is 0 Å². The Hall–Kier alpha value is -2.89. The molecule has 0 unspecified atom stereocenters. The Morgan fingerprint density at radius 1 is 0.846 bits per heavy atom. The largest absolute Gasteiger partial charge is 0.322 e. The molecule has 7 heteroatoms. The van der Waals surface area contributed by atoms with Crippen LogP contribution in [-0.4, -0.2) is 16.8 Å². The van der Waals surface area contributed by atoms with Crippen molar-refractivity contribution < 1.29 is 9.59 Å². The predicted octanol–water partition coefficient (Wildman–Crippen LogP) is 4.89. The molecule has 5 nitrogen and oxygen atoms in total. The third-order valence-corrected chi connectivity index (χ3v) is 4.04. The van der Waals surface area contributed by atoms with Gasteiger partial charge < -0.3 is 10.6 Å². The molecule has 2 N–H and O–H groups in total. The summed E-state index contributed by atoms with van der Waals surface area (Å²) in [5.41, 5.74) is 1.75. The van der Waals surface area contributed by atoms with E-state index in [0.717, 1.165) is 0 Å². The lowest BCUT2D eigenvalue weighted by molar-refractivity contribution is 0.101. The fourth-order valence-corrected chi connectivity index (χ4v) is 2.62. The first-order chi connectivity index (χ1) is 12.5. The molecule has 0 saturated heterocycles. The molecule has 130 valence electrons. The maximum Gasteiger partial charge on any atom is 0.257 e. The summed E-state index contributed by atoms with van der Waals surface area (Å²) in [7, 11) is 0. The minimum atomic E-state index is -0.395. The summed E-state index contributed by atoms with van der Waals surface area (Å²) in [5, 5.41) is 6.20. The van der Waals surface area contributed by atoms with Gasteiger partial charge in [-0.1, -0.05) is 29.3 Å². The molecule has 3 rings (SSSR count). The predicted molar refractivity (Wildman–Crippen MR) is 103 cm³/mol. The summed E-state index contributed by atoms with van der Waals surface area (Å²) < 4.78 is 0. The normalized spacial score (nSPS) is 10.2. The van der Waals surface area contributed by atoms with Crippen molar-refractivity contribution in [3.05, 3.63) is 88.2 Å². The molecule has 0 atom stereocenters. The van der Waals surface area contributed by atoms with Gasteiger partial charge in [0.25, 0.3) is 11.8 Å². The van der Waals surface area contributed by atoms with Crippen LogP contribution in [0.3, 0.4) is 0 Å². The Morgan fingerprint density at radius 3 is 2.27 bits per heavy atom. The maximum absolute atomic E-state index is 12.4. The van der Waals surface area contributed by atoms with E-state index < -0.39 is 5.91 Å². The molecular formula is C19H13Cl2N3O2. The molecule has 0 fully saturated rings. The van der Waals surface area contributed by atoms with Gasteiger partial charge in [-0.15, -0.1) is 0 Å². The first-order valence-electron chi connectivity index (χ1n) is 7.61. The molecule has 0 aliphatic heterocycles. The fraction of sp³-hybridized carbons (Fsp3) is 0. The van der Waals surface area contributed by atoms with Gasteiger partial charge in [0, 0.05) is 28.8 Å². The van der Waals surface area contributed by atoms with Gasteiger partial charge in [0.2, 0.25) is 0 Å². The second kappa shape index (κ2) is 7.99. The number of nitrogens with one attached hydrogen (secondary N) is 2. The van der Waals surface area contributed by atoms with Crippen molar-refractivity contribution in [1.29, 1.82) is 0 Å². The number of halogens is 2. The summed E-state index contributed by atoms with van der Waals surface area (Å²) in [4.78, 5) is 28.5. The number of hydrogen-bond acceptors (Lipinski definition) is 3. The zero-order valence-electron chi connectivity index (χ0n) is 13.4. The molecule has 0 saturated carbocycles. The zero-order chi connectivity index (χ0) is 18.5. The van der Waals surface area contributed by atoms with Gasteiger partial charge in [0.15, 0.2) is 0 Å². The van der Waals surface area contributed by atoms with E-state index in [-0.39, 0.29) is 11.5 Å². The first kappa shape index (κ1) is 17.9. The zero-order valence-corrected chi connectivity index (χ0v) is 14.9. The average Bonchev–Trinajstić information content (AvgIpc) is 2.64. The molecule has 0 radical (unpaired) electrons. The van der Waals surface area contributed by atoms with Crippen molar-refractivity contribution in [2.45, 2.75) is 0 Å². The second-order valence-corrected chi connectivity index (χ2v) is 6.20. The molecule has 0 aliphatic rings. The smallest absolute Gasteiger partial charge is 0.257 e. The minimum Gasteiger partial charge on any atom is -0.322 e. The number of carbonyl (C=O) groups excluding carboxylic acids is 2. The Kier molecular flexibility index (Phi) is 5.51. The van der Waals surface area contributed by atoms with Crippen LogP contribution in [0.2, 0.25) is 10.0 Å². The van der Waals surface area contributed by atoms with Crippen LogP contribution in [0.1, 0.15) is 20.7 Å². The van der Waals surface area contributed by atoms with Gasteiger partial charge in [-0.3, -0.25) is 14.6 Å². The van der Waals surface area contributed by atoms with Crippen LogP contribution in [0.25, 0.3) is 0 Å². The number of anilines is 2. The fourth-order valence-electron chi connectivity index (χ4n) is 2.24. The number of aromatic nitrogens is 1. The lowest BCUT2D eigenvalue weighted by Gasteiger charge is -2.10. The molecule has 1 heterocycles. The SMILES string of the molecule is O=C(Nc1cccc(NC(=O)c2cc(Cl)ccc2Cl)c1)c1cccnc1. The molecule has 1 aromatic heterocycles. The molecule has 0 aliphatic carbocycles. The minimum absolute atomic E-state index is 0.268. The molecule has 2 amide bonds. The Balaban J connectivity index is 1.74. The topological polar surface area (TPSA) is 71.1 Å². The maximum atomic E-state index is 12.4. The van der Waals surface area contributed by atoms with Gasteiger partial charge >= 0.3 is 0 Å². The van der Waals surface area contributed by atoms with Crippen LogP contribution in [0.15, 0.2) is 67.0 Å². The first-order valence-corrected chi connectivity index (χ1v) is 8.36. The lowest BCUT2D eigenvalue weighted by atomic mass is 10.2. The van der Waals surface area contributed by atoms with Gasteiger partial charge in [-0.25, -0.2) is 0 Å². The Labute approximate surface area is 160 Å². The van der Waals surface area contributed by atoms with E-state index in [9.17, 15) is 9.59 Å². The van der Waals surface area contributed by atoms with Crippen LogP contribution >= 0.6 is 23.2 Å². The summed E-state index contributed by atoms with van der Waals surface area (Å²) in [6, 6.07) is 14.8. The van der Waals surface area contributed by atoms with E-state index >= 15 is 0 Å². The molecule has 2 aromatic carbocycles. The highest BCUT2D eigenvalue weighted by Gasteiger charge is 2.12. The molecule has 26 heavy (non-hydrogen) atoms. The summed E-state index contributed by atoms with van der Waals surface area (Å²) in [6.45, 7) is 0. The molecular weight excluding hydrogens is 373 g/mol. The van der Waals surface area contributed by atoms with Crippen LogP contribution < -0.4 is 10.6 Å². The lowest BCUT2D eigenvalue weighted by Crippen LogP contribution is -2.14. The quantitative estimate of drug-likeness (QED) is 0.671. The van der Waals surface area contributed by atoms with Crippen molar-refractivity contribution in [2.75, 3.05) is 10.6 Å². The average molecular weight is 386 g/mol. The Morgan fingerprint density at radius 2 is 1.58 bits per heavy atom. The summed E-state index contributed by atoms with van der Waals surface area (Å²) in [6.07, 6.45) is 3.07. The standard InChI is InChI=1S/C19H13Cl2N3O2/c20-13-6-7-17(21)16(9-13)19(26)24-15-5-1-4-14(10-15)23-18(25)12-3-2-8-22-11-12/h1-11H,(H,23,25)(H,24,26). The number of benzene rings is 2.